The molecule has 0 aromatic carbocycles. The Labute approximate surface area is 91.3 Å². The Bertz CT molecular complexity index is 288. The SMILES string of the molecule is CC1=C(I)C(=O)N(C(C)(C)C)C1=O. The van der Waals surface area contributed by atoms with Crippen LogP contribution in [0.2, 0.25) is 0 Å². The first-order chi connectivity index (χ1) is 5.76. The summed E-state index contributed by atoms with van der Waals surface area (Å²) in [5.41, 5.74) is 0.128. The van der Waals surface area contributed by atoms with Gasteiger partial charge in [-0.3, -0.25) is 14.5 Å². The fraction of sp³-hybridized carbons (Fsp3) is 0.556. The van der Waals surface area contributed by atoms with Gasteiger partial charge in [0.1, 0.15) is 0 Å². The second-order valence-electron chi connectivity index (χ2n) is 4.06. The summed E-state index contributed by atoms with van der Waals surface area (Å²) in [4.78, 5) is 24.5. The quantitative estimate of drug-likeness (QED) is 0.505. The van der Waals surface area contributed by atoms with E-state index < -0.39 is 5.54 Å². The van der Waals surface area contributed by atoms with Crippen LogP contribution < -0.4 is 0 Å². The summed E-state index contributed by atoms with van der Waals surface area (Å²) in [6.45, 7) is 7.25. The Balaban J connectivity index is 3.12. The van der Waals surface area contributed by atoms with E-state index in [9.17, 15) is 9.59 Å². The minimum Gasteiger partial charge on any atom is -0.269 e. The van der Waals surface area contributed by atoms with Gasteiger partial charge in [-0.1, -0.05) is 0 Å². The van der Waals surface area contributed by atoms with Crippen molar-refractivity contribution in [2.75, 3.05) is 0 Å². The van der Waals surface area contributed by atoms with E-state index in [2.05, 4.69) is 0 Å². The molecule has 0 N–H and O–H groups in total. The molecular formula is C9H12INO2. The molecule has 2 amide bonds. The highest BCUT2D eigenvalue weighted by Crippen LogP contribution is 2.30. The van der Waals surface area contributed by atoms with E-state index in [0.29, 0.717) is 9.15 Å². The van der Waals surface area contributed by atoms with Crippen LogP contribution in [-0.4, -0.2) is 22.3 Å². The molecule has 0 fully saturated rings. The molecule has 0 aliphatic carbocycles. The van der Waals surface area contributed by atoms with E-state index in [0.717, 1.165) is 0 Å². The van der Waals surface area contributed by atoms with Gasteiger partial charge in [-0.15, -0.1) is 0 Å². The molecule has 0 saturated carbocycles. The lowest BCUT2D eigenvalue weighted by atomic mass is 10.1. The lowest BCUT2D eigenvalue weighted by Crippen LogP contribution is -2.46. The Morgan fingerprint density at radius 3 is 1.77 bits per heavy atom. The fourth-order valence-corrected chi connectivity index (χ4v) is 1.69. The predicted octanol–water partition coefficient (Wildman–Crippen LogP) is 1.86. The zero-order chi connectivity index (χ0) is 10.4. The molecule has 0 bridgehead atoms. The number of amides is 2. The molecule has 1 rings (SSSR count). The van der Waals surface area contributed by atoms with Gasteiger partial charge in [0, 0.05) is 11.1 Å². The Hall–Kier alpha value is -0.390. The molecule has 3 nitrogen and oxygen atoms in total. The molecule has 72 valence electrons. The maximum absolute atomic E-state index is 11.6. The van der Waals surface area contributed by atoms with Gasteiger partial charge in [0.25, 0.3) is 11.8 Å². The van der Waals surface area contributed by atoms with E-state index in [1.54, 1.807) is 6.92 Å². The van der Waals surface area contributed by atoms with Crippen LogP contribution in [0.15, 0.2) is 9.15 Å². The number of hydrogen-bond donors (Lipinski definition) is 0. The molecule has 0 unspecified atom stereocenters. The topological polar surface area (TPSA) is 37.4 Å². The van der Waals surface area contributed by atoms with Crippen molar-refractivity contribution in [1.82, 2.24) is 4.90 Å². The summed E-state index contributed by atoms with van der Waals surface area (Å²) >= 11 is 1.92. The van der Waals surface area contributed by atoms with Crippen molar-refractivity contribution in [3.63, 3.8) is 0 Å². The molecule has 0 saturated heterocycles. The second kappa shape index (κ2) is 3.08. The van der Waals surface area contributed by atoms with E-state index in [4.69, 9.17) is 0 Å². The minimum absolute atomic E-state index is 0.165. The number of nitrogens with zero attached hydrogens (tertiary/aromatic N) is 1. The average molecular weight is 293 g/mol. The molecule has 4 heteroatoms. The highest BCUT2D eigenvalue weighted by Gasteiger charge is 2.40. The molecule has 13 heavy (non-hydrogen) atoms. The largest absolute Gasteiger partial charge is 0.269 e. The number of rotatable bonds is 0. The van der Waals surface area contributed by atoms with Crippen LogP contribution in [0.4, 0.5) is 0 Å². The van der Waals surface area contributed by atoms with Crippen LogP contribution in [-0.2, 0) is 9.59 Å². The normalized spacial score (nSPS) is 19.0. The van der Waals surface area contributed by atoms with Gasteiger partial charge >= 0.3 is 0 Å². The summed E-state index contributed by atoms with van der Waals surface area (Å²) in [6.07, 6.45) is 0. The van der Waals surface area contributed by atoms with Crippen molar-refractivity contribution in [2.24, 2.45) is 0 Å². The monoisotopic (exact) mass is 293 g/mol. The fourth-order valence-electron chi connectivity index (χ4n) is 1.22. The third kappa shape index (κ3) is 1.63. The summed E-state index contributed by atoms with van der Waals surface area (Å²) < 4.78 is 0.539. The van der Waals surface area contributed by atoms with Crippen molar-refractivity contribution >= 4 is 34.4 Å². The van der Waals surface area contributed by atoms with Crippen LogP contribution in [0.3, 0.4) is 0 Å². The Morgan fingerprint density at radius 1 is 1.15 bits per heavy atom. The van der Waals surface area contributed by atoms with Gasteiger partial charge in [0.2, 0.25) is 0 Å². The highest BCUT2D eigenvalue weighted by molar-refractivity contribution is 14.1. The van der Waals surface area contributed by atoms with Gasteiger partial charge < -0.3 is 0 Å². The molecule has 0 atom stereocenters. The molecular weight excluding hydrogens is 281 g/mol. The number of carbonyl (C=O) groups is 2. The predicted molar refractivity (Wildman–Crippen MR) is 58.3 cm³/mol. The van der Waals surface area contributed by atoms with E-state index in [-0.39, 0.29) is 11.8 Å². The van der Waals surface area contributed by atoms with Crippen LogP contribution in [0, 0.1) is 0 Å². The van der Waals surface area contributed by atoms with Crippen LogP contribution >= 0.6 is 22.6 Å². The summed E-state index contributed by atoms with van der Waals surface area (Å²) in [5, 5.41) is 0. The van der Waals surface area contributed by atoms with E-state index >= 15 is 0 Å². The molecule has 0 radical (unpaired) electrons. The summed E-state index contributed by atoms with van der Waals surface area (Å²) in [7, 11) is 0. The number of halogens is 1. The smallest absolute Gasteiger partial charge is 0.267 e. The van der Waals surface area contributed by atoms with Gasteiger partial charge in [-0.25, -0.2) is 0 Å². The van der Waals surface area contributed by atoms with Gasteiger partial charge in [-0.05, 0) is 50.3 Å². The van der Waals surface area contributed by atoms with E-state index in [1.807, 2.05) is 43.4 Å². The van der Waals surface area contributed by atoms with Gasteiger partial charge in [0.05, 0.1) is 3.58 Å². The van der Waals surface area contributed by atoms with Gasteiger partial charge in [0.15, 0.2) is 0 Å². The van der Waals surface area contributed by atoms with Gasteiger partial charge in [-0.2, -0.15) is 0 Å². The Kier molecular flexibility index (Phi) is 2.53. The summed E-state index contributed by atoms with van der Waals surface area (Å²) in [6, 6.07) is 0. The Morgan fingerprint density at radius 2 is 1.62 bits per heavy atom. The van der Waals surface area contributed by atoms with Crippen LogP contribution in [0.1, 0.15) is 27.7 Å². The lowest BCUT2D eigenvalue weighted by Gasteiger charge is -2.29. The van der Waals surface area contributed by atoms with E-state index in [1.165, 1.54) is 4.90 Å². The van der Waals surface area contributed by atoms with Crippen LogP contribution in [0.25, 0.3) is 0 Å². The molecule has 1 aliphatic rings. The lowest BCUT2D eigenvalue weighted by molar-refractivity contribution is -0.142. The third-order valence-corrected chi connectivity index (χ3v) is 3.19. The molecule has 0 spiro atoms. The number of hydrogen-bond acceptors (Lipinski definition) is 2. The molecule has 0 aromatic rings. The third-order valence-electron chi connectivity index (χ3n) is 1.91. The maximum atomic E-state index is 11.6. The first-order valence-electron chi connectivity index (χ1n) is 4.02. The van der Waals surface area contributed by atoms with Crippen molar-refractivity contribution in [2.45, 2.75) is 33.2 Å². The van der Waals surface area contributed by atoms with Crippen molar-refractivity contribution in [3.05, 3.63) is 9.15 Å². The second-order valence-corrected chi connectivity index (χ2v) is 5.13. The number of carbonyl (C=O) groups excluding carboxylic acids is 2. The van der Waals surface area contributed by atoms with Crippen molar-refractivity contribution in [3.8, 4) is 0 Å². The molecule has 1 aliphatic heterocycles. The van der Waals surface area contributed by atoms with Crippen molar-refractivity contribution in [1.29, 1.82) is 0 Å². The zero-order valence-electron chi connectivity index (χ0n) is 8.14. The molecule has 1 heterocycles. The summed E-state index contributed by atoms with van der Waals surface area (Å²) in [5.74, 6) is -0.336. The zero-order valence-corrected chi connectivity index (χ0v) is 10.3. The van der Waals surface area contributed by atoms with Crippen LogP contribution in [0.5, 0.6) is 0 Å². The first kappa shape index (κ1) is 10.7. The van der Waals surface area contributed by atoms with Crippen molar-refractivity contribution < 1.29 is 9.59 Å². The minimum atomic E-state index is -0.428. The standard InChI is InChI=1S/C9H12INO2/c1-5-6(10)8(13)11(7(5)12)9(2,3)4/h1-4H3. The molecule has 0 aromatic heterocycles. The average Bonchev–Trinajstić information content (AvgIpc) is 2.14. The first-order valence-corrected chi connectivity index (χ1v) is 5.10. The number of imide groups is 1. The highest BCUT2D eigenvalue weighted by atomic mass is 127. The maximum Gasteiger partial charge on any atom is 0.267 e.